The molecule has 0 spiro atoms. The minimum atomic E-state index is -0.145. The highest BCUT2D eigenvalue weighted by molar-refractivity contribution is 7.07. The van der Waals surface area contributed by atoms with Crippen LogP contribution in [-0.2, 0) is 4.74 Å². The Morgan fingerprint density at radius 3 is 3.00 bits per heavy atom. The summed E-state index contributed by atoms with van der Waals surface area (Å²) in [5.41, 5.74) is 0.654. The van der Waals surface area contributed by atoms with E-state index in [4.69, 9.17) is 16.3 Å². The number of amides is 1. The number of carbonyl (C=O) groups excluding carboxylic acids is 1. The first-order chi connectivity index (χ1) is 7.65. The Hall–Kier alpha value is -0.720. The molecular formula is C9H14ClN3O2S. The highest BCUT2D eigenvalue weighted by Crippen LogP contribution is 2.08. The van der Waals surface area contributed by atoms with E-state index < -0.39 is 0 Å². The molecule has 0 radical (unpaired) electrons. The molecule has 7 heteroatoms. The molecule has 0 aliphatic heterocycles. The van der Waals surface area contributed by atoms with Gasteiger partial charge in [0.2, 0.25) is 0 Å². The zero-order valence-corrected chi connectivity index (χ0v) is 10.8. The van der Waals surface area contributed by atoms with E-state index in [-0.39, 0.29) is 11.3 Å². The number of methoxy groups -OCH3 is 1. The average molecular weight is 264 g/mol. The maximum absolute atomic E-state index is 11.6. The molecule has 1 amide bonds. The molecule has 0 bridgehead atoms. The van der Waals surface area contributed by atoms with Crippen LogP contribution in [0.5, 0.6) is 0 Å². The van der Waals surface area contributed by atoms with Crippen molar-refractivity contribution in [3.8, 4) is 0 Å². The quantitative estimate of drug-likeness (QED) is 0.784. The highest BCUT2D eigenvalue weighted by Gasteiger charge is 2.13. The van der Waals surface area contributed by atoms with Gasteiger partial charge in [-0.1, -0.05) is 4.49 Å². The van der Waals surface area contributed by atoms with Gasteiger partial charge in [-0.25, -0.2) is 0 Å². The third-order valence-corrected chi connectivity index (χ3v) is 3.12. The fraction of sp³-hybridized carbons (Fsp3) is 0.667. The van der Waals surface area contributed by atoms with Crippen molar-refractivity contribution in [2.45, 2.75) is 18.7 Å². The molecule has 1 unspecified atom stereocenters. The van der Waals surface area contributed by atoms with Crippen LogP contribution in [0.15, 0.2) is 0 Å². The number of aromatic nitrogens is 2. The second-order valence-electron chi connectivity index (χ2n) is 3.28. The maximum atomic E-state index is 11.6. The first-order valence-electron chi connectivity index (χ1n) is 4.85. The number of hydrogen-bond donors (Lipinski definition) is 1. The lowest BCUT2D eigenvalue weighted by molar-refractivity contribution is 0.0955. The number of halogens is 1. The van der Waals surface area contributed by atoms with Crippen molar-refractivity contribution in [2.75, 3.05) is 20.3 Å². The van der Waals surface area contributed by atoms with Crippen LogP contribution in [-0.4, -0.2) is 41.1 Å². The molecule has 0 saturated carbocycles. The molecule has 1 aromatic rings. The first kappa shape index (κ1) is 13.3. The molecule has 1 heterocycles. The summed E-state index contributed by atoms with van der Waals surface area (Å²) in [5.74, 6) is -0.145. The van der Waals surface area contributed by atoms with Crippen molar-refractivity contribution in [2.24, 2.45) is 0 Å². The van der Waals surface area contributed by atoms with E-state index in [9.17, 15) is 4.79 Å². The van der Waals surface area contributed by atoms with Crippen LogP contribution in [0, 0.1) is 6.92 Å². The summed E-state index contributed by atoms with van der Waals surface area (Å²) >= 11 is 7.02. The predicted molar refractivity (Wildman–Crippen MR) is 63.1 cm³/mol. The standard InChI is InChI=1S/C9H14ClN3O2S/c1-6-8(16-13-12-6)9(14)11-4-3-7(10)5-15-2/h7H,3-5H2,1-2H3,(H,11,14). The van der Waals surface area contributed by atoms with Gasteiger partial charge in [-0.05, 0) is 24.9 Å². The number of alkyl halides is 1. The summed E-state index contributed by atoms with van der Waals surface area (Å²) in [6, 6.07) is 0. The molecule has 16 heavy (non-hydrogen) atoms. The monoisotopic (exact) mass is 263 g/mol. The Labute approximate surface area is 103 Å². The van der Waals surface area contributed by atoms with Gasteiger partial charge < -0.3 is 10.1 Å². The van der Waals surface area contributed by atoms with Crippen molar-refractivity contribution in [1.29, 1.82) is 0 Å². The summed E-state index contributed by atoms with van der Waals surface area (Å²) < 4.78 is 8.59. The van der Waals surface area contributed by atoms with Crippen molar-refractivity contribution < 1.29 is 9.53 Å². The van der Waals surface area contributed by atoms with Crippen molar-refractivity contribution >= 4 is 29.0 Å². The lowest BCUT2D eigenvalue weighted by Gasteiger charge is -2.08. The van der Waals surface area contributed by atoms with E-state index in [1.54, 1.807) is 14.0 Å². The number of nitrogens with zero attached hydrogens (tertiary/aromatic N) is 2. The minimum absolute atomic E-state index is 0.0778. The van der Waals surface area contributed by atoms with Crippen LogP contribution in [0.1, 0.15) is 21.8 Å². The van der Waals surface area contributed by atoms with E-state index >= 15 is 0 Å². The molecule has 1 atom stereocenters. The molecular weight excluding hydrogens is 250 g/mol. The molecule has 0 aliphatic carbocycles. The Morgan fingerprint density at radius 1 is 1.69 bits per heavy atom. The Balaban J connectivity index is 2.29. The number of aryl methyl sites for hydroxylation is 1. The number of carbonyl (C=O) groups is 1. The Bertz CT molecular complexity index is 345. The van der Waals surface area contributed by atoms with Crippen LogP contribution in [0.2, 0.25) is 0 Å². The lowest BCUT2D eigenvalue weighted by Crippen LogP contribution is -2.26. The van der Waals surface area contributed by atoms with Gasteiger partial charge in [-0.3, -0.25) is 4.79 Å². The number of rotatable bonds is 6. The van der Waals surface area contributed by atoms with E-state index in [0.717, 1.165) is 11.5 Å². The van der Waals surface area contributed by atoms with E-state index in [2.05, 4.69) is 14.9 Å². The second-order valence-corrected chi connectivity index (χ2v) is 4.66. The third kappa shape index (κ3) is 4.03. The van der Waals surface area contributed by atoms with Gasteiger partial charge in [0.05, 0.1) is 17.7 Å². The zero-order valence-electron chi connectivity index (χ0n) is 9.20. The lowest BCUT2D eigenvalue weighted by atomic mass is 10.3. The van der Waals surface area contributed by atoms with Crippen molar-refractivity contribution in [1.82, 2.24) is 14.9 Å². The SMILES string of the molecule is COCC(Cl)CCNC(=O)c1snnc1C. The van der Waals surface area contributed by atoms with Gasteiger partial charge in [0.15, 0.2) is 0 Å². The molecule has 0 fully saturated rings. The highest BCUT2D eigenvalue weighted by atomic mass is 35.5. The van der Waals surface area contributed by atoms with Crippen LogP contribution < -0.4 is 5.32 Å². The zero-order chi connectivity index (χ0) is 12.0. The molecule has 1 N–H and O–H groups in total. The van der Waals surface area contributed by atoms with Gasteiger partial charge in [0, 0.05) is 13.7 Å². The Morgan fingerprint density at radius 2 is 2.44 bits per heavy atom. The molecule has 0 aliphatic rings. The number of nitrogens with one attached hydrogen (secondary N) is 1. The fourth-order valence-corrected chi connectivity index (χ4v) is 1.93. The van der Waals surface area contributed by atoms with Gasteiger partial charge in [0.1, 0.15) is 4.88 Å². The maximum Gasteiger partial charge on any atom is 0.264 e. The molecule has 1 rings (SSSR count). The summed E-state index contributed by atoms with van der Waals surface area (Å²) in [5, 5.41) is 6.46. The summed E-state index contributed by atoms with van der Waals surface area (Å²) in [6.07, 6.45) is 0.673. The second kappa shape index (κ2) is 6.78. The smallest absolute Gasteiger partial charge is 0.264 e. The van der Waals surface area contributed by atoms with Gasteiger partial charge in [0.25, 0.3) is 5.91 Å². The normalized spacial score (nSPS) is 12.4. The fourth-order valence-electron chi connectivity index (χ4n) is 1.13. The van der Waals surface area contributed by atoms with Gasteiger partial charge in [-0.2, -0.15) is 0 Å². The van der Waals surface area contributed by atoms with Gasteiger partial charge >= 0.3 is 0 Å². The molecule has 1 aromatic heterocycles. The predicted octanol–water partition coefficient (Wildman–Crippen LogP) is 1.22. The summed E-state index contributed by atoms with van der Waals surface area (Å²) in [6.45, 7) is 2.76. The van der Waals surface area contributed by atoms with Crippen LogP contribution in [0.25, 0.3) is 0 Å². The molecule has 5 nitrogen and oxygen atoms in total. The van der Waals surface area contributed by atoms with Crippen molar-refractivity contribution in [3.63, 3.8) is 0 Å². The van der Waals surface area contributed by atoms with Crippen LogP contribution >= 0.6 is 23.1 Å². The van der Waals surface area contributed by atoms with Crippen LogP contribution in [0.3, 0.4) is 0 Å². The van der Waals surface area contributed by atoms with Crippen molar-refractivity contribution in [3.05, 3.63) is 10.6 Å². The van der Waals surface area contributed by atoms with E-state index in [1.165, 1.54) is 0 Å². The van der Waals surface area contributed by atoms with Gasteiger partial charge in [-0.15, -0.1) is 16.7 Å². The molecule has 90 valence electrons. The Kier molecular flexibility index (Phi) is 5.65. The topological polar surface area (TPSA) is 64.1 Å². The summed E-state index contributed by atoms with van der Waals surface area (Å²) in [7, 11) is 1.60. The van der Waals surface area contributed by atoms with E-state index in [0.29, 0.717) is 30.1 Å². The first-order valence-corrected chi connectivity index (χ1v) is 6.06. The largest absolute Gasteiger partial charge is 0.383 e. The molecule has 0 saturated heterocycles. The molecule has 0 aromatic carbocycles. The average Bonchev–Trinajstić information content (AvgIpc) is 2.64. The summed E-state index contributed by atoms with van der Waals surface area (Å²) in [4.78, 5) is 12.2. The van der Waals surface area contributed by atoms with E-state index in [1.807, 2.05) is 0 Å². The minimum Gasteiger partial charge on any atom is -0.383 e. The third-order valence-electron chi connectivity index (χ3n) is 1.95. The van der Waals surface area contributed by atoms with Crippen LogP contribution in [0.4, 0.5) is 0 Å². The number of ether oxygens (including phenoxy) is 1. The number of hydrogen-bond acceptors (Lipinski definition) is 5.